The van der Waals surface area contributed by atoms with Crippen molar-refractivity contribution in [2.75, 3.05) is 4.90 Å². The Balaban J connectivity index is 1.20. The first-order valence-corrected chi connectivity index (χ1v) is 12.6. The third-order valence-corrected chi connectivity index (χ3v) is 7.58. The van der Waals surface area contributed by atoms with Crippen molar-refractivity contribution in [3.63, 3.8) is 0 Å². The van der Waals surface area contributed by atoms with Crippen molar-refractivity contribution in [2.24, 2.45) is 0 Å². The summed E-state index contributed by atoms with van der Waals surface area (Å²) >= 11 is 0. The van der Waals surface area contributed by atoms with Crippen LogP contribution in [0.15, 0.2) is 53.1 Å². The number of piperidine rings is 1. The molecule has 1 saturated carbocycles. The lowest BCUT2D eigenvalue weighted by Gasteiger charge is -2.40. The van der Waals surface area contributed by atoms with Gasteiger partial charge >= 0.3 is 6.36 Å². The van der Waals surface area contributed by atoms with Crippen molar-refractivity contribution in [3.8, 4) is 23.1 Å². The summed E-state index contributed by atoms with van der Waals surface area (Å²) in [5.74, 6) is 0.625. The van der Waals surface area contributed by atoms with Crippen LogP contribution in [0, 0.1) is 11.3 Å². The second-order valence-electron chi connectivity index (χ2n) is 10.0. The molecule has 2 aromatic carbocycles. The Morgan fingerprint density at radius 1 is 1.00 bits per heavy atom. The summed E-state index contributed by atoms with van der Waals surface area (Å²) in [6.45, 7) is 0.228. The van der Waals surface area contributed by atoms with Crippen LogP contribution in [0.5, 0.6) is 5.75 Å². The van der Waals surface area contributed by atoms with Crippen LogP contribution in [0.2, 0.25) is 0 Å². The van der Waals surface area contributed by atoms with Crippen molar-refractivity contribution in [2.45, 2.75) is 75.6 Å². The maximum atomic E-state index is 13.0. The molecule has 9 heteroatoms. The first kappa shape index (κ1) is 23.9. The van der Waals surface area contributed by atoms with Crippen LogP contribution < -0.4 is 9.64 Å². The van der Waals surface area contributed by atoms with Crippen LogP contribution in [0.1, 0.15) is 61.3 Å². The number of nitriles is 1. The standard InChI is InChI=1S/C28H26F3N3O3/c29-28(30,31)36-25-4-2-1-3-23(25)26-24(27(37-33-26)18-7-8-18)16-35-22-13-20-11-12-21(14-22)34(20)19-9-5-17(15-32)6-10-19/h1-6,9-10,18,20-22H,7-8,11-14,16H2/t20-,21+,22+. The molecule has 0 amide bonds. The summed E-state index contributed by atoms with van der Waals surface area (Å²) < 4.78 is 55.5. The van der Waals surface area contributed by atoms with E-state index in [2.05, 4.69) is 20.9 Å². The fourth-order valence-corrected chi connectivity index (χ4v) is 5.81. The minimum absolute atomic E-state index is 0.0311. The van der Waals surface area contributed by atoms with E-state index in [1.807, 2.05) is 24.3 Å². The van der Waals surface area contributed by atoms with Gasteiger partial charge in [0.05, 0.1) is 24.3 Å². The van der Waals surface area contributed by atoms with Gasteiger partial charge < -0.3 is 18.9 Å². The number of benzene rings is 2. The molecule has 0 unspecified atom stereocenters. The Morgan fingerprint density at radius 2 is 1.70 bits per heavy atom. The molecule has 0 radical (unpaired) electrons. The molecule has 3 atom stereocenters. The Kier molecular flexibility index (Phi) is 6.07. The molecule has 6 nitrogen and oxygen atoms in total. The third-order valence-electron chi connectivity index (χ3n) is 7.58. The van der Waals surface area contributed by atoms with Gasteiger partial charge in [-0.3, -0.25) is 0 Å². The molecule has 192 valence electrons. The van der Waals surface area contributed by atoms with Gasteiger partial charge in [0, 0.05) is 34.8 Å². The van der Waals surface area contributed by atoms with E-state index in [0.717, 1.165) is 44.2 Å². The molecular weight excluding hydrogens is 483 g/mol. The number of halogens is 3. The van der Waals surface area contributed by atoms with E-state index >= 15 is 0 Å². The summed E-state index contributed by atoms with van der Waals surface area (Å²) in [6.07, 6.45) is 1.05. The van der Waals surface area contributed by atoms with E-state index in [1.54, 1.807) is 12.1 Å². The zero-order valence-corrected chi connectivity index (χ0v) is 20.1. The van der Waals surface area contributed by atoms with Gasteiger partial charge in [-0.05, 0) is 74.9 Å². The lowest BCUT2D eigenvalue weighted by atomic mass is 9.98. The average molecular weight is 510 g/mol. The lowest BCUT2D eigenvalue weighted by molar-refractivity contribution is -0.274. The molecule has 2 bridgehead atoms. The topological polar surface area (TPSA) is 71.5 Å². The Hall–Kier alpha value is -3.51. The molecule has 1 aromatic heterocycles. The van der Waals surface area contributed by atoms with E-state index in [1.165, 1.54) is 12.1 Å². The van der Waals surface area contributed by atoms with Crippen molar-refractivity contribution in [3.05, 3.63) is 65.4 Å². The highest BCUT2D eigenvalue weighted by Gasteiger charge is 2.42. The summed E-state index contributed by atoms with van der Waals surface area (Å²) in [6, 6.07) is 16.6. The molecule has 3 aromatic rings. The number of fused-ring (bicyclic) bond motifs is 2. The minimum Gasteiger partial charge on any atom is -0.405 e. The second kappa shape index (κ2) is 9.42. The van der Waals surface area contributed by atoms with Crippen LogP contribution in [-0.2, 0) is 11.3 Å². The fraction of sp³-hybridized carbons (Fsp3) is 0.429. The van der Waals surface area contributed by atoms with Crippen LogP contribution in [0.4, 0.5) is 18.9 Å². The molecule has 3 aliphatic rings. The van der Waals surface area contributed by atoms with Crippen LogP contribution in [0.25, 0.3) is 11.3 Å². The van der Waals surface area contributed by atoms with Gasteiger partial charge in [0.25, 0.3) is 0 Å². The number of hydrogen-bond donors (Lipinski definition) is 0. The van der Waals surface area contributed by atoms with E-state index in [0.29, 0.717) is 34.7 Å². The molecule has 2 aliphatic heterocycles. The number of para-hydroxylation sites is 1. The largest absolute Gasteiger partial charge is 0.573 e. The predicted molar refractivity (Wildman–Crippen MR) is 129 cm³/mol. The quantitative estimate of drug-likeness (QED) is 0.353. The van der Waals surface area contributed by atoms with E-state index in [4.69, 9.17) is 14.5 Å². The molecule has 3 fully saturated rings. The van der Waals surface area contributed by atoms with Gasteiger partial charge in [-0.15, -0.1) is 13.2 Å². The number of hydrogen-bond acceptors (Lipinski definition) is 6. The minimum atomic E-state index is -4.81. The normalized spacial score (nSPS) is 23.2. The number of alkyl halides is 3. The highest BCUT2D eigenvalue weighted by atomic mass is 19.4. The Labute approximate surface area is 212 Å². The number of anilines is 1. The average Bonchev–Trinajstić information content (AvgIpc) is 3.58. The van der Waals surface area contributed by atoms with Gasteiger partial charge in [-0.2, -0.15) is 5.26 Å². The maximum Gasteiger partial charge on any atom is 0.573 e. The van der Waals surface area contributed by atoms with E-state index in [9.17, 15) is 13.2 Å². The van der Waals surface area contributed by atoms with Gasteiger partial charge in [0.2, 0.25) is 0 Å². The van der Waals surface area contributed by atoms with Crippen molar-refractivity contribution in [1.82, 2.24) is 5.16 Å². The Morgan fingerprint density at radius 3 is 2.35 bits per heavy atom. The van der Waals surface area contributed by atoms with Crippen molar-refractivity contribution in [1.29, 1.82) is 5.26 Å². The van der Waals surface area contributed by atoms with Crippen LogP contribution in [-0.4, -0.2) is 29.7 Å². The van der Waals surface area contributed by atoms with Gasteiger partial charge in [-0.1, -0.05) is 17.3 Å². The van der Waals surface area contributed by atoms with Gasteiger partial charge in [-0.25, -0.2) is 0 Å². The maximum absolute atomic E-state index is 13.0. The lowest BCUT2D eigenvalue weighted by Crippen LogP contribution is -2.45. The molecule has 0 N–H and O–H groups in total. The third kappa shape index (κ3) is 4.90. The molecule has 6 rings (SSSR count). The molecule has 37 heavy (non-hydrogen) atoms. The molecule has 1 aliphatic carbocycles. The SMILES string of the molecule is N#Cc1ccc(N2[C@@H]3CC[C@H]2C[C@@H](OCc2c(-c4ccccc4OC(F)(F)F)noc2C2CC2)C3)cc1. The highest BCUT2D eigenvalue weighted by Crippen LogP contribution is 2.46. The predicted octanol–water partition coefficient (Wildman–Crippen LogP) is 6.71. The first-order valence-electron chi connectivity index (χ1n) is 12.6. The highest BCUT2D eigenvalue weighted by molar-refractivity contribution is 5.70. The van der Waals surface area contributed by atoms with Gasteiger partial charge in [0.1, 0.15) is 17.2 Å². The number of aromatic nitrogens is 1. The first-order chi connectivity index (χ1) is 17.9. The molecule has 3 heterocycles. The van der Waals surface area contributed by atoms with Crippen molar-refractivity contribution >= 4 is 5.69 Å². The number of ether oxygens (including phenoxy) is 2. The van der Waals surface area contributed by atoms with Crippen LogP contribution >= 0.6 is 0 Å². The fourth-order valence-electron chi connectivity index (χ4n) is 5.81. The zero-order chi connectivity index (χ0) is 25.6. The van der Waals surface area contributed by atoms with Crippen molar-refractivity contribution < 1.29 is 27.2 Å². The smallest absolute Gasteiger partial charge is 0.405 e. The summed E-state index contributed by atoms with van der Waals surface area (Å²) in [4.78, 5) is 2.45. The summed E-state index contributed by atoms with van der Waals surface area (Å²) in [5.41, 5.74) is 3.07. The van der Waals surface area contributed by atoms with E-state index < -0.39 is 6.36 Å². The molecule has 2 saturated heterocycles. The monoisotopic (exact) mass is 509 g/mol. The summed E-state index contributed by atoms with van der Waals surface area (Å²) in [5, 5.41) is 13.3. The molecular formula is C28H26F3N3O3. The number of rotatable bonds is 7. The second-order valence-corrected chi connectivity index (χ2v) is 10.0. The van der Waals surface area contributed by atoms with Crippen LogP contribution in [0.3, 0.4) is 0 Å². The van der Waals surface area contributed by atoms with Gasteiger partial charge in [0.15, 0.2) is 0 Å². The zero-order valence-electron chi connectivity index (χ0n) is 20.1. The number of nitrogens with zero attached hydrogens (tertiary/aromatic N) is 3. The van der Waals surface area contributed by atoms with E-state index in [-0.39, 0.29) is 29.9 Å². The Bertz CT molecular complexity index is 1300. The summed E-state index contributed by atoms with van der Waals surface area (Å²) in [7, 11) is 0. The molecule has 0 spiro atoms.